The van der Waals surface area contributed by atoms with E-state index in [4.69, 9.17) is 4.74 Å². The zero-order valence-corrected chi connectivity index (χ0v) is 14.1. The average Bonchev–Trinajstić information content (AvgIpc) is 2.38. The molecule has 0 saturated heterocycles. The minimum absolute atomic E-state index is 0.181. The second-order valence-corrected chi connectivity index (χ2v) is 8.62. The number of hydrogen-bond acceptors (Lipinski definition) is 4. The molecule has 4 rings (SSSR count). The Labute approximate surface area is 136 Å². The lowest BCUT2D eigenvalue weighted by Crippen LogP contribution is -2.70. The summed E-state index contributed by atoms with van der Waals surface area (Å²) < 4.78 is 5.45. The Hall–Kier alpha value is -1.30. The second-order valence-electron chi connectivity index (χ2n) is 8.62. The minimum Gasteiger partial charge on any atom is -0.480 e. The van der Waals surface area contributed by atoms with E-state index in [1.807, 2.05) is 0 Å². The lowest BCUT2D eigenvalue weighted by atomic mass is 9.51. The average molecular weight is 325 g/mol. The molecule has 5 atom stereocenters. The predicted molar refractivity (Wildman–Crippen MR) is 82.9 cm³/mol. The van der Waals surface area contributed by atoms with Gasteiger partial charge in [-0.25, -0.2) is 4.79 Å². The first-order chi connectivity index (χ1) is 10.6. The van der Waals surface area contributed by atoms with Crippen molar-refractivity contribution in [3.63, 3.8) is 0 Å². The molecule has 0 spiro atoms. The largest absolute Gasteiger partial charge is 0.480 e. The smallest absolute Gasteiger partial charge is 0.411 e. The summed E-state index contributed by atoms with van der Waals surface area (Å²) in [6.07, 6.45) is 3.23. The molecule has 4 aliphatic rings. The fourth-order valence-corrected chi connectivity index (χ4v) is 5.21. The van der Waals surface area contributed by atoms with E-state index in [1.165, 1.54) is 4.90 Å². The summed E-state index contributed by atoms with van der Waals surface area (Å²) in [5.41, 5.74) is -1.46. The standard InChI is InChI=1S/C17H27NO5/c1-16(2,3)23-15(22)18(9-13(19)20)17-7-10-4-11(8-17)6-12(5-10)14(17)21/h10-12,14,21H,4-9H2,1-3H3,(H,19,20)/t10-,11?,12?,14-,17?/m0/s1. The molecule has 6 nitrogen and oxygen atoms in total. The Morgan fingerprint density at radius 3 is 2.22 bits per heavy atom. The van der Waals surface area contributed by atoms with Gasteiger partial charge in [0.15, 0.2) is 0 Å². The maximum absolute atomic E-state index is 12.7. The van der Waals surface area contributed by atoms with E-state index < -0.39 is 35.9 Å². The maximum atomic E-state index is 12.7. The fraction of sp³-hybridized carbons (Fsp3) is 0.882. The first-order valence-corrected chi connectivity index (χ1v) is 8.51. The molecule has 3 unspecified atom stereocenters. The zero-order valence-electron chi connectivity index (χ0n) is 14.1. The number of carbonyl (C=O) groups is 2. The number of carboxylic acid groups (broad SMARTS) is 1. The van der Waals surface area contributed by atoms with Gasteiger partial charge in [0.25, 0.3) is 0 Å². The molecule has 0 heterocycles. The lowest BCUT2D eigenvalue weighted by molar-refractivity contribution is -0.174. The van der Waals surface area contributed by atoms with E-state index in [0.717, 1.165) is 19.3 Å². The summed E-state index contributed by atoms with van der Waals surface area (Å²) >= 11 is 0. The van der Waals surface area contributed by atoms with Crippen molar-refractivity contribution in [1.29, 1.82) is 0 Å². The van der Waals surface area contributed by atoms with Crippen LogP contribution in [0.3, 0.4) is 0 Å². The molecule has 1 amide bonds. The van der Waals surface area contributed by atoms with Crippen molar-refractivity contribution >= 4 is 12.1 Å². The second kappa shape index (κ2) is 5.36. The molecule has 130 valence electrons. The summed E-state index contributed by atoms with van der Waals surface area (Å²) in [6, 6.07) is 0. The van der Waals surface area contributed by atoms with Crippen LogP contribution in [0.4, 0.5) is 4.79 Å². The van der Waals surface area contributed by atoms with E-state index in [1.54, 1.807) is 20.8 Å². The molecule has 6 heteroatoms. The molecule has 0 aromatic heterocycles. The SMILES string of the molecule is CC(C)(C)OC(=O)N(CC(=O)O)C12CC3CC(C[C@H](C3)C1)[C@@H]2O. The van der Waals surface area contributed by atoms with Gasteiger partial charge in [-0.15, -0.1) is 0 Å². The maximum Gasteiger partial charge on any atom is 0.411 e. The van der Waals surface area contributed by atoms with Crippen LogP contribution in [-0.4, -0.2) is 51.0 Å². The van der Waals surface area contributed by atoms with Gasteiger partial charge in [-0.05, 0) is 70.6 Å². The van der Waals surface area contributed by atoms with Crippen LogP contribution in [0.1, 0.15) is 52.9 Å². The van der Waals surface area contributed by atoms with Gasteiger partial charge in [0.05, 0.1) is 11.6 Å². The highest BCUT2D eigenvalue weighted by Gasteiger charge is 2.61. The van der Waals surface area contributed by atoms with Crippen LogP contribution in [0.15, 0.2) is 0 Å². The normalized spacial score (nSPS) is 38.4. The van der Waals surface area contributed by atoms with Gasteiger partial charge < -0.3 is 14.9 Å². The predicted octanol–water partition coefficient (Wildman–Crippen LogP) is 2.25. The Morgan fingerprint density at radius 1 is 1.17 bits per heavy atom. The van der Waals surface area contributed by atoms with Crippen molar-refractivity contribution in [2.75, 3.05) is 6.54 Å². The van der Waals surface area contributed by atoms with Crippen LogP contribution in [0, 0.1) is 17.8 Å². The summed E-state index contributed by atoms with van der Waals surface area (Å²) in [7, 11) is 0. The zero-order chi connectivity index (χ0) is 17.0. The number of aliphatic carboxylic acids is 1. The first-order valence-electron chi connectivity index (χ1n) is 8.51. The number of aliphatic hydroxyl groups excluding tert-OH is 1. The van der Waals surface area contributed by atoms with Crippen molar-refractivity contribution in [3.8, 4) is 0 Å². The van der Waals surface area contributed by atoms with Crippen LogP contribution in [0.5, 0.6) is 0 Å². The Bertz CT molecular complexity index is 498. The number of carboxylic acids is 1. The Kier molecular flexibility index (Phi) is 3.86. The molecular weight excluding hydrogens is 298 g/mol. The van der Waals surface area contributed by atoms with Crippen molar-refractivity contribution in [2.45, 2.75) is 70.1 Å². The van der Waals surface area contributed by atoms with Gasteiger partial charge in [-0.3, -0.25) is 9.69 Å². The monoisotopic (exact) mass is 325 g/mol. The molecule has 4 fully saturated rings. The van der Waals surface area contributed by atoms with E-state index in [0.29, 0.717) is 24.7 Å². The van der Waals surface area contributed by atoms with E-state index in [2.05, 4.69) is 0 Å². The summed E-state index contributed by atoms with van der Waals surface area (Å²) in [6.45, 7) is 4.87. The molecule has 0 aromatic carbocycles. The van der Waals surface area contributed by atoms with Crippen LogP contribution >= 0.6 is 0 Å². The van der Waals surface area contributed by atoms with Crippen molar-refractivity contribution in [3.05, 3.63) is 0 Å². The highest BCUT2D eigenvalue weighted by molar-refractivity contribution is 5.78. The van der Waals surface area contributed by atoms with Gasteiger partial charge in [0, 0.05) is 0 Å². The molecule has 0 aromatic rings. The number of rotatable bonds is 3. The molecule has 2 N–H and O–H groups in total. The molecule has 4 aliphatic carbocycles. The van der Waals surface area contributed by atoms with Crippen LogP contribution in [0.2, 0.25) is 0 Å². The Balaban J connectivity index is 1.92. The number of carbonyl (C=O) groups excluding carboxylic acids is 1. The van der Waals surface area contributed by atoms with Crippen molar-refractivity contribution < 1.29 is 24.5 Å². The molecule has 0 aliphatic heterocycles. The van der Waals surface area contributed by atoms with Crippen molar-refractivity contribution in [2.24, 2.45) is 17.8 Å². The van der Waals surface area contributed by atoms with Gasteiger partial charge >= 0.3 is 12.1 Å². The quantitative estimate of drug-likeness (QED) is 0.831. The van der Waals surface area contributed by atoms with Gasteiger partial charge in [0.2, 0.25) is 0 Å². The van der Waals surface area contributed by atoms with Crippen molar-refractivity contribution in [1.82, 2.24) is 4.90 Å². The lowest BCUT2D eigenvalue weighted by Gasteiger charge is -2.62. The topological polar surface area (TPSA) is 87.1 Å². The number of nitrogens with zero attached hydrogens (tertiary/aromatic N) is 1. The number of aliphatic hydroxyl groups is 1. The van der Waals surface area contributed by atoms with Crippen LogP contribution in [0.25, 0.3) is 0 Å². The summed E-state index contributed by atoms with van der Waals surface area (Å²) in [4.78, 5) is 25.3. The fourth-order valence-electron chi connectivity index (χ4n) is 5.21. The molecule has 4 bridgehead atoms. The van der Waals surface area contributed by atoms with Crippen LogP contribution < -0.4 is 0 Å². The first kappa shape index (κ1) is 16.6. The van der Waals surface area contributed by atoms with Crippen LogP contribution in [-0.2, 0) is 9.53 Å². The van der Waals surface area contributed by atoms with Gasteiger partial charge in [-0.2, -0.15) is 0 Å². The Morgan fingerprint density at radius 2 is 1.74 bits per heavy atom. The molecular formula is C17H27NO5. The summed E-state index contributed by atoms with van der Waals surface area (Å²) in [5, 5.41) is 20.2. The minimum atomic E-state index is -1.07. The highest BCUT2D eigenvalue weighted by Crippen LogP contribution is 2.58. The number of amides is 1. The van der Waals surface area contributed by atoms with Gasteiger partial charge in [-0.1, -0.05) is 0 Å². The highest BCUT2D eigenvalue weighted by atomic mass is 16.6. The van der Waals surface area contributed by atoms with E-state index in [9.17, 15) is 19.8 Å². The van der Waals surface area contributed by atoms with Gasteiger partial charge in [0.1, 0.15) is 12.1 Å². The number of ether oxygens (including phenoxy) is 1. The van der Waals surface area contributed by atoms with E-state index >= 15 is 0 Å². The third-order valence-electron chi connectivity index (χ3n) is 5.67. The number of hydrogen-bond donors (Lipinski definition) is 2. The molecule has 23 heavy (non-hydrogen) atoms. The third kappa shape index (κ3) is 2.93. The molecule has 4 saturated carbocycles. The van der Waals surface area contributed by atoms with E-state index in [-0.39, 0.29) is 5.92 Å². The summed E-state index contributed by atoms with van der Waals surface area (Å²) in [5.74, 6) is 0.0723. The third-order valence-corrected chi connectivity index (χ3v) is 5.67. The molecule has 0 radical (unpaired) electrons.